The second-order valence-corrected chi connectivity index (χ2v) is 18.7. The van der Waals surface area contributed by atoms with Gasteiger partial charge in [0.25, 0.3) is 0 Å². The summed E-state index contributed by atoms with van der Waals surface area (Å²) in [6.07, 6.45) is 6.71. The van der Waals surface area contributed by atoms with Crippen molar-refractivity contribution < 1.29 is 4.74 Å². The van der Waals surface area contributed by atoms with Crippen LogP contribution < -0.4 is 9.64 Å². The molecule has 0 amide bonds. The summed E-state index contributed by atoms with van der Waals surface area (Å²) in [5.41, 5.74) is 22.4. The zero-order valence-corrected chi connectivity index (χ0v) is 38.5. The van der Waals surface area contributed by atoms with E-state index in [0.29, 0.717) is 0 Å². The molecule has 11 aromatic rings. The molecule has 0 bridgehead atoms. The molecule has 0 unspecified atom stereocenters. The van der Waals surface area contributed by atoms with Crippen LogP contribution in [-0.2, 0) is 11.8 Å². The molecular weight excluding hydrogens is 849 g/mol. The van der Waals surface area contributed by atoms with Crippen molar-refractivity contribution in [2.24, 2.45) is 0 Å². The number of aryl methyl sites for hydroxylation is 1. The van der Waals surface area contributed by atoms with Crippen molar-refractivity contribution in [2.75, 3.05) is 4.90 Å². The van der Waals surface area contributed by atoms with Crippen LogP contribution >= 0.6 is 0 Å². The Morgan fingerprint density at radius 1 is 0.400 bits per heavy atom. The predicted octanol–water partition coefficient (Wildman–Crippen LogP) is 17.5. The zero-order valence-electron chi connectivity index (χ0n) is 38.5. The van der Waals surface area contributed by atoms with Crippen molar-refractivity contribution in [1.82, 2.24) is 4.57 Å². The summed E-state index contributed by atoms with van der Waals surface area (Å²) in [5, 5.41) is 1.33. The van der Waals surface area contributed by atoms with Crippen molar-refractivity contribution in [2.45, 2.75) is 18.3 Å². The fourth-order valence-corrected chi connectivity index (χ4v) is 11.8. The molecule has 0 atom stereocenters. The third-order valence-corrected chi connectivity index (χ3v) is 14.9. The molecule has 2 aliphatic carbocycles. The van der Waals surface area contributed by atoms with Crippen molar-refractivity contribution >= 4 is 34.0 Å². The first kappa shape index (κ1) is 40.2. The van der Waals surface area contributed by atoms with E-state index in [2.05, 4.69) is 264 Å². The molecular formula is C67H46N2O. The summed E-state index contributed by atoms with van der Waals surface area (Å²) >= 11 is 0. The molecule has 2 heterocycles. The number of hydrogen-bond donors (Lipinski definition) is 0. The van der Waals surface area contributed by atoms with Gasteiger partial charge >= 0.3 is 0 Å². The number of allylic oxidation sites excluding steroid dienone is 1. The fourth-order valence-electron chi connectivity index (χ4n) is 11.8. The topological polar surface area (TPSA) is 17.4 Å². The highest BCUT2D eigenvalue weighted by atomic mass is 16.5. The van der Waals surface area contributed by atoms with Crippen LogP contribution in [-0.4, -0.2) is 4.57 Å². The van der Waals surface area contributed by atoms with E-state index in [9.17, 15) is 0 Å². The number of fused-ring (bicyclic) bond motifs is 12. The molecule has 70 heavy (non-hydrogen) atoms. The molecule has 0 fully saturated rings. The highest BCUT2D eigenvalue weighted by Crippen LogP contribution is 2.62. The minimum absolute atomic E-state index is 0.536. The maximum absolute atomic E-state index is 6.64. The highest BCUT2D eigenvalue weighted by molar-refractivity contribution is 5.95. The molecule has 14 rings (SSSR count). The van der Waals surface area contributed by atoms with Crippen LogP contribution in [0.15, 0.2) is 249 Å². The SMILES string of the molecule is C1=Cc2c(c3cc(-c4ccc(N(c5ccc(-c6ccccc6)cc5)c5cccc(-c6ccc7c(c6)C6(c8ccccc8Oc8ccccc86)c6ccccc6-7)c5)cc4)ccc3n2-c2ccccc2)CC1. The van der Waals surface area contributed by atoms with Gasteiger partial charge in [0.1, 0.15) is 11.5 Å². The molecule has 330 valence electrons. The number of rotatable bonds is 7. The molecule has 0 saturated carbocycles. The molecule has 1 aliphatic heterocycles. The first-order valence-electron chi connectivity index (χ1n) is 24.4. The summed E-state index contributed by atoms with van der Waals surface area (Å²) in [5.74, 6) is 1.80. The molecule has 1 aromatic heterocycles. The average molecular weight is 895 g/mol. The van der Waals surface area contributed by atoms with Gasteiger partial charge in [-0.1, -0.05) is 170 Å². The molecule has 0 radical (unpaired) electrons. The quantitative estimate of drug-likeness (QED) is 0.159. The van der Waals surface area contributed by atoms with E-state index in [1.807, 2.05) is 0 Å². The Labute approximate surface area is 408 Å². The smallest absolute Gasteiger partial charge is 0.132 e. The summed E-state index contributed by atoms with van der Waals surface area (Å²) in [4.78, 5) is 2.39. The van der Waals surface area contributed by atoms with E-state index in [4.69, 9.17) is 4.74 Å². The normalized spacial score (nSPS) is 13.5. The number of aromatic nitrogens is 1. The maximum Gasteiger partial charge on any atom is 0.132 e. The van der Waals surface area contributed by atoms with Crippen LogP contribution in [0.25, 0.3) is 67.2 Å². The second kappa shape index (κ2) is 16.1. The second-order valence-electron chi connectivity index (χ2n) is 18.7. The zero-order chi connectivity index (χ0) is 46.2. The molecule has 0 saturated heterocycles. The number of ether oxygens (including phenoxy) is 1. The van der Waals surface area contributed by atoms with Gasteiger partial charge in [-0.15, -0.1) is 0 Å². The lowest BCUT2D eigenvalue weighted by Gasteiger charge is -2.39. The van der Waals surface area contributed by atoms with Crippen molar-refractivity contribution in [1.29, 1.82) is 0 Å². The first-order valence-corrected chi connectivity index (χ1v) is 24.4. The molecule has 1 spiro atoms. The summed E-state index contributed by atoms with van der Waals surface area (Å²) in [6.45, 7) is 0. The Kier molecular flexibility index (Phi) is 9.25. The monoisotopic (exact) mass is 894 g/mol. The van der Waals surface area contributed by atoms with Gasteiger partial charge in [-0.3, -0.25) is 0 Å². The van der Waals surface area contributed by atoms with Gasteiger partial charge in [-0.05, 0) is 159 Å². The Hall–Kier alpha value is -8.92. The van der Waals surface area contributed by atoms with Crippen LogP contribution in [0.4, 0.5) is 17.1 Å². The van der Waals surface area contributed by atoms with Gasteiger partial charge < -0.3 is 14.2 Å². The van der Waals surface area contributed by atoms with Crippen LogP contribution in [0, 0.1) is 0 Å². The van der Waals surface area contributed by atoms with E-state index in [-0.39, 0.29) is 0 Å². The van der Waals surface area contributed by atoms with Gasteiger partial charge in [-0.2, -0.15) is 0 Å². The largest absolute Gasteiger partial charge is 0.457 e. The van der Waals surface area contributed by atoms with Gasteiger partial charge in [0.05, 0.1) is 10.9 Å². The average Bonchev–Trinajstić information content (AvgIpc) is 3.92. The lowest BCUT2D eigenvalue weighted by atomic mass is 9.66. The Morgan fingerprint density at radius 3 is 1.67 bits per heavy atom. The highest BCUT2D eigenvalue weighted by Gasteiger charge is 2.51. The van der Waals surface area contributed by atoms with Crippen molar-refractivity contribution in [3.05, 3.63) is 282 Å². The maximum atomic E-state index is 6.64. The first-order chi connectivity index (χ1) is 34.7. The Balaban J connectivity index is 0.883. The van der Waals surface area contributed by atoms with E-state index >= 15 is 0 Å². The van der Waals surface area contributed by atoms with Gasteiger partial charge in [0, 0.05) is 45.0 Å². The third kappa shape index (κ3) is 6.21. The van der Waals surface area contributed by atoms with Crippen LogP contribution in [0.3, 0.4) is 0 Å². The Morgan fingerprint density at radius 2 is 0.943 bits per heavy atom. The van der Waals surface area contributed by atoms with E-state index in [1.165, 1.54) is 83.5 Å². The standard InChI is InChI=1S/C67H46N2O/c1-3-16-45(17-4-1)46-30-36-52(37-31-46)68(53-38-32-47(33-39-53)49-35-41-64-58(43-49)57-23-8-12-27-63(57)69(64)51-19-5-2-6-20-51)54-21-15-18-48(42-54)50-34-40-56-55-22-7-9-24-59(55)67(62(56)44-50)60-25-10-13-28-65(60)70-66-29-14-11-26-61(66)67/h1-7,9-22,24-44H,8,23H2. The molecule has 0 N–H and O–H groups in total. The van der Waals surface area contributed by atoms with Gasteiger partial charge in [0.2, 0.25) is 0 Å². The number of anilines is 3. The number of para-hydroxylation sites is 3. The summed E-state index contributed by atoms with van der Waals surface area (Å²) < 4.78 is 9.07. The summed E-state index contributed by atoms with van der Waals surface area (Å²) in [7, 11) is 0. The van der Waals surface area contributed by atoms with Crippen molar-refractivity contribution in [3.8, 4) is 61.7 Å². The molecule has 3 nitrogen and oxygen atoms in total. The van der Waals surface area contributed by atoms with E-state index in [1.54, 1.807) is 0 Å². The fraction of sp³-hybridized carbons (Fsp3) is 0.0448. The predicted molar refractivity (Wildman–Crippen MR) is 289 cm³/mol. The number of hydrogen-bond acceptors (Lipinski definition) is 2. The molecule has 3 heteroatoms. The van der Waals surface area contributed by atoms with Gasteiger partial charge in [-0.25, -0.2) is 0 Å². The summed E-state index contributed by atoms with van der Waals surface area (Å²) in [6, 6.07) is 88.7. The molecule has 3 aliphatic rings. The lowest BCUT2D eigenvalue weighted by molar-refractivity contribution is 0.436. The third-order valence-electron chi connectivity index (χ3n) is 14.9. The Bertz CT molecular complexity index is 3800. The van der Waals surface area contributed by atoms with E-state index in [0.717, 1.165) is 52.5 Å². The van der Waals surface area contributed by atoms with Crippen LogP contribution in [0.5, 0.6) is 11.5 Å². The van der Waals surface area contributed by atoms with E-state index < -0.39 is 5.41 Å². The number of benzene rings is 10. The van der Waals surface area contributed by atoms with Crippen molar-refractivity contribution in [3.63, 3.8) is 0 Å². The number of nitrogens with zero attached hydrogens (tertiary/aromatic N) is 2. The lowest BCUT2D eigenvalue weighted by Crippen LogP contribution is -2.32. The minimum atomic E-state index is -0.536. The van der Waals surface area contributed by atoms with Gasteiger partial charge in [0.15, 0.2) is 0 Å². The van der Waals surface area contributed by atoms with Crippen LogP contribution in [0.2, 0.25) is 0 Å². The van der Waals surface area contributed by atoms with Crippen LogP contribution in [0.1, 0.15) is 39.9 Å². The molecule has 10 aromatic carbocycles. The minimum Gasteiger partial charge on any atom is -0.457 e.